The molecule has 3 atom stereocenters. The highest BCUT2D eigenvalue weighted by Gasteiger charge is 2.32. The van der Waals surface area contributed by atoms with E-state index in [0.29, 0.717) is 12.1 Å². The zero-order valence-electron chi connectivity index (χ0n) is 9.08. The molecular weight excluding hydrogens is 176 g/mol. The molecule has 0 aromatic heterocycles. The molecule has 0 radical (unpaired) electrons. The van der Waals surface area contributed by atoms with E-state index >= 15 is 0 Å². The van der Waals surface area contributed by atoms with E-state index in [4.69, 9.17) is 0 Å². The van der Waals surface area contributed by atoms with Crippen LogP contribution in [0.15, 0.2) is 0 Å². The summed E-state index contributed by atoms with van der Waals surface area (Å²) >= 11 is 0. The molecule has 2 aliphatic rings. The van der Waals surface area contributed by atoms with Crippen molar-refractivity contribution in [2.75, 3.05) is 20.1 Å². The smallest absolute Gasteiger partial charge is 0.0695 e. The third-order valence-electron chi connectivity index (χ3n) is 3.79. The van der Waals surface area contributed by atoms with E-state index in [1.165, 1.54) is 25.7 Å². The Labute approximate surface area is 86.5 Å². The molecule has 2 rings (SSSR count). The van der Waals surface area contributed by atoms with Gasteiger partial charge in [-0.15, -0.1) is 0 Å². The quantitative estimate of drug-likeness (QED) is 0.681. The first-order valence-electron chi connectivity index (χ1n) is 5.90. The Morgan fingerprint density at radius 1 is 1.21 bits per heavy atom. The highest BCUT2D eigenvalue weighted by Crippen LogP contribution is 2.25. The molecule has 0 spiro atoms. The van der Waals surface area contributed by atoms with Gasteiger partial charge in [0.2, 0.25) is 0 Å². The lowest BCUT2D eigenvalue weighted by Crippen LogP contribution is -2.45. The topological polar surface area (TPSA) is 35.5 Å². The summed E-state index contributed by atoms with van der Waals surface area (Å²) in [5.41, 5.74) is 0. The fourth-order valence-electron chi connectivity index (χ4n) is 2.84. The molecule has 0 aromatic rings. The van der Waals surface area contributed by atoms with Crippen LogP contribution in [-0.4, -0.2) is 48.3 Å². The lowest BCUT2D eigenvalue weighted by molar-refractivity contribution is 0.0303. The van der Waals surface area contributed by atoms with Crippen LogP contribution in [0.5, 0.6) is 0 Å². The van der Waals surface area contributed by atoms with Crippen LogP contribution in [-0.2, 0) is 0 Å². The number of likely N-dealkylation sites (N-methyl/N-ethyl adjacent to an activating group) is 1. The second kappa shape index (κ2) is 4.60. The Morgan fingerprint density at radius 3 is 2.64 bits per heavy atom. The first kappa shape index (κ1) is 10.4. The average molecular weight is 198 g/mol. The number of aliphatic hydroxyl groups excluding tert-OH is 1. The maximum Gasteiger partial charge on any atom is 0.0695 e. The first-order chi connectivity index (χ1) is 6.81. The summed E-state index contributed by atoms with van der Waals surface area (Å²) in [7, 11) is 2.03. The van der Waals surface area contributed by atoms with Gasteiger partial charge in [-0.1, -0.05) is 12.8 Å². The summed E-state index contributed by atoms with van der Waals surface area (Å²) in [4.78, 5) is 2.48. The van der Waals surface area contributed by atoms with Gasteiger partial charge in [-0.2, -0.15) is 0 Å². The van der Waals surface area contributed by atoms with Crippen LogP contribution < -0.4 is 5.32 Å². The molecule has 0 bridgehead atoms. The summed E-state index contributed by atoms with van der Waals surface area (Å²) in [6.45, 7) is 2.28. The molecule has 1 saturated heterocycles. The van der Waals surface area contributed by atoms with E-state index in [2.05, 4.69) is 10.2 Å². The molecule has 82 valence electrons. The first-order valence-corrected chi connectivity index (χ1v) is 5.90. The molecule has 1 aliphatic heterocycles. The number of hydrogen-bond donors (Lipinski definition) is 2. The number of hydrogen-bond acceptors (Lipinski definition) is 3. The van der Waals surface area contributed by atoms with E-state index in [0.717, 1.165) is 19.5 Å². The van der Waals surface area contributed by atoms with E-state index in [1.807, 2.05) is 7.05 Å². The molecule has 1 heterocycles. The third kappa shape index (κ3) is 2.10. The standard InChI is InChI=1S/C11H22N2O/c1-12-9-6-7-13(8-9)10-4-2-3-5-11(10)14/h9-12,14H,2-8H2,1H3. The summed E-state index contributed by atoms with van der Waals surface area (Å²) in [6, 6.07) is 1.09. The lowest BCUT2D eigenvalue weighted by atomic mass is 9.91. The second-order valence-corrected chi connectivity index (χ2v) is 4.69. The van der Waals surface area contributed by atoms with Crippen LogP contribution in [0.4, 0.5) is 0 Å². The zero-order valence-corrected chi connectivity index (χ0v) is 9.08. The summed E-state index contributed by atoms with van der Waals surface area (Å²) in [5.74, 6) is 0. The SMILES string of the molecule is CNC1CCN(C2CCCCC2O)C1. The second-order valence-electron chi connectivity index (χ2n) is 4.69. The Hall–Kier alpha value is -0.120. The Morgan fingerprint density at radius 2 is 2.00 bits per heavy atom. The molecule has 14 heavy (non-hydrogen) atoms. The maximum atomic E-state index is 9.93. The van der Waals surface area contributed by atoms with Crippen LogP contribution >= 0.6 is 0 Å². The molecular formula is C11H22N2O. The molecule has 0 aromatic carbocycles. The van der Waals surface area contributed by atoms with Crippen molar-refractivity contribution in [3.05, 3.63) is 0 Å². The average Bonchev–Trinajstić information content (AvgIpc) is 2.67. The number of nitrogens with one attached hydrogen (secondary N) is 1. The molecule has 3 unspecified atom stereocenters. The van der Waals surface area contributed by atoms with Crippen LogP contribution in [0.3, 0.4) is 0 Å². The lowest BCUT2D eigenvalue weighted by Gasteiger charge is -2.35. The minimum absolute atomic E-state index is 0.0700. The minimum Gasteiger partial charge on any atom is -0.391 e. The van der Waals surface area contributed by atoms with Gasteiger partial charge in [-0.05, 0) is 26.3 Å². The van der Waals surface area contributed by atoms with Crippen molar-refractivity contribution in [1.29, 1.82) is 0 Å². The van der Waals surface area contributed by atoms with Gasteiger partial charge in [-0.3, -0.25) is 4.90 Å². The third-order valence-corrected chi connectivity index (χ3v) is 3.79. The van der Waals surface area contributed by atoms with Gasteiger partial charge in [-0.25, -0.2) is 0 Å². The molecule has 1 aliphatic carbocycles. The van der Waals surface area contributed by atoms with Crippen LogP contribution in [0.25, 0.3) is 0 Å². The van der Waals surface area contributed by atoms with Gasteiger partial charge in [0.15, 0.2) is 0 Å². The number of rotatable bonds is 2. The predicted molar refractivity (Wildman–Crippen MR) is 57.3 cm³/mol. The van der Waals surface area contributed by atoms with Gasteiger partial charge >= 0.3 is 0 Å². The fraction of sp³-hybridized carbons (Fsp3) is 1.00. The number of likely N-dealkylation sites (tertiary alicyclic amines) is 1. The highest BCUT2D eigenvalue weighted by molar-refractivity contribution is 4.89. The number of nitrogens with zero attached hydrogens (tertiary/aromatic N) is 1. The van der Waals surface area contributed by atoms with Gasteiger partial charge in [0.1, 0.15) is 0 Å². The fourth-order valence-corrected chi connectivity index (χ4v) is 2.84. The summed E-state index contributed by atoms with van der Waals surface area (Å²) in [5, 5.41) is 13.3. The highest BCUT2D eigenvalue weighted by atomic mass is 16.3. The normalized spacial score (nSPS) is 40.3. The van der Waals surface area contributed by atoms with Crippen molar-refractivity contribution in [3.63, 3.8) is 0 Å². The van der Waals surface area contributed by atoms with Crippen molar-refractivity contribution in [2.24, 2.45) is 0 Å². The van der Waals surface area contributed by atoms with E-state index in [1.54, 1.807) is 0 Å². The largest absolute Gasteiger partial charge is 0.391 e. The number of aliphatic hydroxyl groups is 1. The van der Waals surface area contributed by atoms with E-state index in [9.17, 15) is 5.11 Å². The van der Waals surface area contributed by atoms with Crippen LogP contribution in [0.1, 0.15) is 32.1 Å². The zero-order chi connectivity index (χ0) is 9.97. The van der Waals surface area contributed by atoms with Crippen molar-refractivity contribution < 1.29 is 5.11 Å². The summed E-state index contributed by atoms with van der Waals surface area (Å²) in [6.07, 6.45) is 5.87. The Bertz CT molecular complexity index is 186. The molecule has 1 saturated carbocycles. The van der Waals surface area contributed by atoms with Gasteiger partial charge in [0.25, 0.3) is 0 Å². The monoisotopic (exact) mass is 198 g/mol. The molecule has 3 nitrogen and oxygen atoms in total. The summed E-state index contributed by atoms with van der Waals surface area (Å²) < 4.78 is 0. The van der Waals surface area contributed by atoms with Crippen molar-refractivity contribution in [1.82, 2.24) is 10.2 Å². The van der Waals surface area contributed by atoms with Crippen molar-refractivity contribution in [3.8, 4) is 0 Å². The molecule has 2 fully saturated rings. The molecule has 2 N–H and O–H groups in total. The van der Waals surface area contributed by atoms with E-state index < -0.39 is 0 Å². The Balaban J connectivity index is 1.88. The van der Waals surface area contributed by atoms with Gasteiger partial charge < -0.3 is 10.4 Å². The Kier molecular flexibility index (Phi) is 3.42. The van der Waals surface area contributed by atoms with E-state index in [-0.39, 0.29) is 6.10 Å². The maximum absolute atomic E-state index is 9.93. The van der Waals surface area contributed by atoms with Gasteiger partial charge in [0.05, 0.1) is 6.10 Å². The van der Waals surface area contributed by atoms with Crippen LogP contribution in [0, 0.1) is 0 Å². The molecule has 3 heteroatoms. The molecule has 0 amide bonds. The van der Waals surface area contributed by atoms with Gasteiger partial charge in [0, 0.05) is 25.2 Å². The van der Waals surface area contributed by atoms with Crippen molar-refractivity contribution in [2.45, 2.75) is 50.3 Å². The van der Waals surface area contributed by atoms with Crippen LogP contribution in [0.2, 0.25) is 0 Å². The predicted octanol–water partition coefficient (Wildman–Crippen LogP) is 0.584. The van der Waals surface area contributed by atoms with Crippen molar-refractivity contribution >= 4 is 0 Å². The minimum atomic E-state index is -0.0700.